The lowest BCUT2D eigenvalue weighted by atomic mass is 10.1. The van der Waals surface area contributed by atoms with E-state index in [1.807, 2.05) is 0 Å². The first-order valence-corrected chi connectivity index (χ1v) is 5.02. The molecule has 0 saturated carbocycles. The van der Waals surface area contributed by atoms with Crippen LogP contribution in [-0.4, -0.2) is 18.4 Å². The van der Waals surface area contributed by atoms with E-state index < -0.39 is 17.6 Å². The van der Waals surface area contributed by atoms with Gasteiger partial charge in [-0.25, -0.2) is 9.18 Å². The van der Waals surface area contributed by atoms with Crippen molar-refractivity contribution >= 4 is 27.7 Å². The fraction of sp³-hybridized carbons (Fsp3) is 0.200. The third-order valence-electron chi connectivity index (χ3n) is 1.66. The zero-order chi connectivity index (χ0) is 11.4. The van der Waals surface area contributed by atoms with Crippen LogP contribution in [0.25, 0.3) is 0 Å². The molecule has 5 heteroatoms. The second-order valence-corrected chi connectivity index (χ2v) is 3.44. The number of hydrogen-bond acceptors (Lipinski definition) is 3. The van der Waals surface area contributed by atoms with Crippen LogP contribution in [0.2, 0.25) is 0 Å². The minimum absolute atomic E-state index is 0.0250. The molecule has 80 valence electrons. The fourth-order valence-corrected chi connectivity index (χ4v) is 1.43. The Bertz CT molecular complexity index is 404. The number of hydrogen-bond donors (Lipinski definition) is 0. The Hall–Kier alpha value is -1.23. The first kappa shape index (κ1) is 11.8. The third kappa shape index (κ3) is 2.62. The van der Waals surface area contributed by atoms with Gasteiger partial charge in [-0.05, 0) is 35.0 Å². The maximum Gasteiger partial charge on any atom is 0.379 e. The number of carbonyl (C=O) groups excluding carboxylic acids is 2. The van der Waals surface area contributed by atoms with E-state index in [0.29, 0.717) is 0 Å². The number of ketones is 1. The highest BCUT2D eigenvalue weighted by Crippen LogP contribution is 2.21. The van der Waals surface area contributed by atoms with E-state index in [1.54, 1.807) is 6.92 Å². The number of benzene rings is 1. The molecule has 0 fully saturated rings. The van der Waals surface area contributed by atoms with E-state index in [9.17, 15) is 14.0 Å². The van der Waals surface area contributed by atoms with Gasteiger partial charge in [-0.3, -0.25) is 4.79 Å². The van der Waals surface area contributed by atoms with Crippen LogP contribution in [0.1, 0.15) is 17.3 Å². The Morgan fingerprint density at radius 3 is 2.73 bits per heavy atom. The molecule has 0 aliphatic carbocycles. The van der Waals surface area contributed by atoms with Crippen molar-refractivity contribution in [2.75, 3.05) is 6.61 Å². The number of carbonyl (C=O) groups is 2. The monoisotopic (exact) mass is 274 g/mol. The standard InChI is InChI=1S/C10H8BrFO3/c1-2-15-10(14)9(13)6-4-3-5-7(12)8(6)11/h3-5H,2H2,1H3. The molecule has 0 unspecified atom stereocenters. The van der Waals surface area contributed by atoms with E-state index in [2.05, 4.69) is 20.7 Å². The molecule has 1 aromatic rings. The Balaban J connectivity index is 3.01. The maximum atomic E-state index is 13.0. The molecular formula is C10H8BrFO3. The Morgan fingerprint density at radius 2 is 2.13 bits per heavy atom. The number of halogens is 2. The summed E-state index contributed by atoms with van der Waals surface area (Å²) in [5, 5.41) is 0. The van der Waals surface area contributed by atoms with E-state index in [0.717, 1.165) is 0 Å². The predicted molar refractivity (Wildman–Crippen MR) is 55.1 cm³/mol. The molecule has 0 N–H and O–H groups in total. The van der Waals surface area contributed by atoms with Gasteiger partial charge in [0.25, 0.3) is 5.78 Å². The van der Waals surface area contributed by atoms with Crippen LogP contribution in [0.4, 0.5) is 4.39 Å². The van der Waals surface area contributed by atoms with Gasteiger partial charge in [-0.1, -0.05) is 6.07 Å². The van der Waals surface area contributed by atoms with Crippen molar-refractivity contribution in [1.29, 1.82) is 0 Å². The van der Waals surface area contributed by atoms with Crippen molar-refractivity contribution in [3.63, 3.8) is 0 Å². The lowest BCUT2D eigenvalue weighted by molar-refractivity contribution is -0.137. The minimum Gasteiger partial charge on any atom is -0.460 e. The van der Waals surface area contributed by atoms with Gasteiger partial charge in [0.1, 0.15) is 5.82 Å². The summed E-state index contributed by atoms with van der Waals surface area (Å²) in [5.74, 6) is -2.43. The fourth-order valence-electron chi connectivity index (χ4n) is 0.986. The van der Waals surface area contributed by atoms with Crippen molar-refractivity contribution < 1.29 is 18.7 Å². The average Bonchev–Trinajstić information content (AvgIpc) is 2.21. The minimum atomic E-state index is -0.983. The molecule has 0 aliphatic rings. The zero-order valence-corrected chi connectivity index (χ0v) is 9.51. The summed E-state index contributed by atoms with van der Waals surface area (Å²) in [6, 6.07) is 3.89. The summed E-state index contributed by atoms with van der Waals surface area (Å²) >= 11 is 2.90. The van der Waals surface area contributed by atoms with Crippen molar-refractivity contribution in [3.8, 4) is 0 Å². The van der Waals surface area contributed by atoms with E-state index >= 15 is 0 Å². The summed E-state index contributed by atoms with van der Waals surface area (Å²) in [7, 11) is 0. The van der Waals surface area contributed by atoms with Gasteiger partial charge in [0.15, 0.2) is 0 Å². The van der Waals surface area contributed by atoms with Crippen LogP contribution in [0.15, 0.2) is 22.7 Å². The lowest BCUT2D eigenvalue weighted by Gasteiger charge is -2.03. The van der Waals surface area contributed by atoms with E-state index in [1.165, 1.54) is 18.2 Å². The quantitative estimate of drug-likeness (QED) is 0.483. The van der Waals surface area contributed by atoms with Crippen LogP contribution in [-0.2, 0) is 9.53 Å². The lowest BCUT2D eigenvalue weighted by Crippen LogP contribution is -2.18. The second kappa shape index (κ2) is 5.02. The van der Waals surface area contributed by atoms with Crippen molar-refractivity contribution in [2.45, 2.75) is 6.92 Å². The Morgan fingerprint density at radius 1 is 1.47 bits per heavy atom. The molecule has 0 spiro atoms. The van der Waals surface area contributed by atoms with Crippen LogP contribution in [0.3, 0.4) is 0 Å². The highest BCUT2D eigenvalue weighted by molar-refractivity contribution is 9.10. The molecule has 0 heterocycles. The highest BCUT2D eigenvalue weighted by atomic mass is 79.9. The molecule has 0 saturated heterocycles. The number of Topliss-reactive ketones (excluding diaryl/α,β-unsaturated/α-hetero) is 1. The molecule has 0 atom stereocenters. The van der Waals surface area contributed by atoms with Gasteiger partial charge < -0.3 is 4.74 Å². The van der Waals surface area contributed by atoms with Gasteiger partial charge in [0.2, 0.25) is 0 Å². The highest BCUT2D eigenvalue weighted by Gasteiger charge is 2.21. The van der Waals surface area contributed by atoms with Crippen molar-refractivity contribution in [2.24, 2.45) is 0 Å². The number of rotatable bonds is 3. The van der Waals surface area contributed by atoms with Crippen LogP contribution in [0, 0.1) is 5.82 Å². The zero-order valence-electron chi connectivity index (χ0n) is 7.92. The van der Waals surface area contributed by atoms with Gasteiger partial charge in [-0.2, -0.15) is 0 Å². The molecule has 0 aliphatic heterocycles. The van der Waals surface area contributed by atoms with Crippen molar-refractivity contribution in [3.05, 3.63) is 34.1 Å². The maximum absolute atomic E-state index is 13.0. The molecule has 0 aromatic heterocycles. The molecule has 1 rings (SSSR count). The van der Waals surface area contributed by atoms with E-state index in [-0.39, 0.29) is 16.6 Å². The molecule has 15 heavy (non-hydrogen) atoms. The normalized spacial score (nSPS) is 9.80. The first-order chi connectivity index (χ1) is 7.07. The first-order valence-electron chi connectivity index (χ1n) is 4.23. The molecule has 0 bridgehead atoms. The summed E-state index contributed by atoms with van der Waals surface area (Å²) in [4.78, 5) is 22.5. The second-order valence-electron chi connectivity index (χ2n) is 2.65. The largest absolute Gasteiger partial charge is 0.460 e. The van der Waals surface area contributed by atoms with Crippen LogP contribution < -0.4 is 0 Å². The topological polar surface area (TPSA) is 43.4 Å². The van der Waals surface area contributed by atoms with Gasteiger partial charge in [0.05, 0.1) is 11.1 Å². The average molecular weight is 275 g/mol. The molecule has 1 aromatic carbocycles. The molecule has 3 nitrogen and oxygen atoms in total. The Labute approximate surface area is 94.4 Å². The SMILES string of the molecule is CCOC(=O)C(=O)c1cccc(F)c1Br. The van der Waals surface area contributed by atoms with Gasteiger partial charge >= 0.3 is 5.97 Å². The number of ether oxygens (including phenoxy) is 1. The van der Waals surface area contributed by atoms with Crippen LogP contribution in [0.5, 0.6) is 0 Å². The summed E-state index contributed by atoms with van der Waals surface area (Å²) in [5.41, 5.74) is -0.0338. The third-order valence-corrected chi connectivity index (χ3v) is 2.46. The molecule has 0 radical (unpaired) electrons. The van der Waals surface area contributed by atoms with Crippen LogP contribution >= 0.6 is 15.9 Å². The molecular weight excluding hydrogens is 267 g/mol. The number of esters is 1. The van der Waals surface area contributed by atoms with Gasteiger partial charge in [-0.15, -0.1) is 0 Å². The Kier molecular flexibility index (Phi) is 3.96. The summed E-state index contributed by atoms with van der Waals surface area (Å²) in [6.45, 7) is 1.70. The summed E-state index contributed by atoms with van der Waals surface area (Å²) in [6.07, 6.45) is 0. The molecule has 0 amide bonds. The van der Waals surface area contributed by atoms with Crippen molar-refractivity contribution in [1.82, 2.24) is 0 Å². The summed E-state index contributed by atoms with van der Waals surface area (Å²) < 4.78 is 17.5. The van der Waals surface area contributed by atoms with Gasteiger partial charge in [0, 0.05) is 5.56 Å². The smallest absolute Gasteiger partial charge is 0.379 e. The van der Waals surface area contributed by atoms with E-state index in [4.69, 9.17) is 0 Å². The predicted octanol–water partition coefficient (Wildman–Crippen LogP) is 2.33.